The number of halogens is 4. The molecule has 0 aromatic heterocycles. The predicted molar refractivity (Wildman–Crippen MR) is 114 cm³/mol. The highest BCUT2D eigenvalue weighted by atomic mass is 79.9. The zero-order valence-electron chi connectivity index (χ0n) is 15.8. The number of hydrogen-bond acceptors (Lipinski definition) is 5. The fourth-order valence-electron chi connectivity index (χ4n) is 2.59. The fraction of sp³-hybridized carbons (Fsp3) is 0.0952. The average molecular weight is 494 g/mol. The van der Waals surface area contributed by atoms with Gasteiger partial charge in [-0.05, 0) is 42.0 Å². The van der Waals surface area contributed by atoms with E-state index in [-0.39, 0.29) is 5.69 Å². The zero-order chi connectivity index (χ0) is 22.4. The van der Waals surface area contributed by atoms with Crippen LogP contribution in [0.5, 0.6) is 5.75 Å². The van der Waals surface area contributed by atoms with E-state index >= 15 is 0 Å². The van der Waals surface area contributed by atoms with E-state index in [1.807, 2.05) is 24.3 Å². The molecule has 0 heterocycles. The summed E-state index contributed by atoms with van der Waals surface area (Å²) in [6.45, 7) is 0.315. The minimum absolute atomic E-state index is 0.164. The smallest absolute Gasteiger partial charge is 0.416 e. The van der Waals surface area contributed by atoms with Crippen LogP contribution in [0.15, 0.2) is 76.3 Å². The number of nitrogens with one attached hydrogen (secondary N) is 1. The number of alkyl halides is 3. The molecule has 0 unspecified atom stereocenters. The Morgan fingerprint density at radius 3 is 2.48 bits per heavy atom. The lowest BCUT2D eigenvalue weighted by Gasteiger charge is -2.10. The standard InChI is InChI=1S/C21H15BrF3N3O3/c22-17-8-5-14(6-9-17)13-31-20-4-2-1-3-15(20)12-26-27-18-10-7-16(21(23,24)25)11-19(18)28(29)30/h1-12,27H,13H2/b26-12+. The summed E-state index contributed by atoms with van der Waals surface area (Å²) in [6, 6.07) is 16.8. The molecule has 0 aliphatic carbocycles. The van der Waals surface area contributed by atoms with Crippen LogP contribution in [0.4, 0.5) is 24.5 Å². The largest absolute Gasteiger partial charge is 0.488 e. The van der Waals surface area contributed by atoms with Gasteiger partial charge in [0, 0.05) is 16.1 Å². The Kier molecular flexibility index (Phi) is 6.91. The third-order valence-corrected chi connectivity index (χ3v) is 4.67. The first-order valence-electron chi connectivity index (χ1n) is 8.85. The number of nitro groups is 1. The van der Waals surface area contributed by atoms with Gasteiger partial charge >= 0.3 is 6.18 Å². The number of rotatable bonds is 7. The minimum atomic E-state index is -4.68. The van der Waals surface area contributed by atoms with Gasteiger partial charge in [-0.15, -0.1) is 0 Å². The van der Waals surface area contributed by atoms with Gasteiger partial charge in [0.25, 0.3) is 5.69 Å². The third-order valence-electron chi connectivity index (χ3n) is 4.14. The maximum Gasteiger partial charge on any atom is 0.416 e. The molecule has 3 aromatic rings. The first-order valence-corrected chi connectivity index (χ1v) is 9.64. The Hall–Kier alpha value is -3.40. The fourth-order valence-corrected chi connectivity index (χ4v) is 2.85. The Bertz CT molecular complexity index is 1100. The van der Waals surface area contributed by atoms with Crippen molar-refractivity contribution in [1.82, 2.24) is 0 Å². The van der Waals surface area contributed by atoms with Crippen LogP contribution in [0, 0.1) is 10.1 Å². The van der Waals surface area contributed by atoms with Crippen molar-refractivity contribution in [2.24, 2.45) is 5.10 Å². The van der Waals surface area contributed by atoms with Crippen LogP contribution in [-0.4, -0.2) is 11.1 Å². The van der Waals surface area contributed by atoms with Gasteiger partial charge in [-0.3, -0.25) is 15.5 Å². The summed E-state index contributed by atoms with van der Waals surface area (Å²) in [6.07, 6.45) is -3.31. The number of benzene rings is 3. The Balaban J connectivity index is 1.74. The lowest BCUT2D eigenvalue weighted by atomic mass is 10.1. The summed E-state index contributed by atoms with van der Waals surface area (Å²) in [7, 11) is 0. The molecule has 0 saturated heterocycles. The molecule has 10 heteroatoms. The molecule has 0 saturated carbocycles. The van der Waals surface area contributed by atoms with Gasteiger partial charge in [0.2, 0.25) is 0 Å². The molecule has 31 heavy (non-hydrogen) atoms. The highest BCUT2D eigenvalue weighted by molar-refractivity contribution is 9.10. The van der Waals surface area contributed by atoms with Gasteiger partial charge in [0.15, 0.2) is 0 Å². The number of anilines is 1. The summed E-state index contributed by atoms with van der Waals surface area (Å²) in [5.41, 5.74) is 1.96. The van der Waals surface area contributed by atoms with Gasteiger partial charge in [0.05, 0.1) is 16.7 Å². The third kappa shape index (κ3) is 6.05. The monoisotopic (exact) mass is 493 g/mol. The summed E-state index contributed by atoms with van der Waals surface area (Å²) in [5, 5.41) is 15.1. The summed E-state index contributed by atoms with van der Waals surface area (Å²) < 4.78 is 45.2. The van der Waals surface area contributed by atoms with Crippen molar-refractivity contribution in [1.29, 1.82) is 0 Å². The van der Waals surface area contributed by atoms with Gasteiger partial charge in [-0.25, -0.2) is 0 Å². The highest BCUT2D eigenvalue weighted by Crippen LogP contribution is 2.35. The molecule has 3 aromatic carbocycles. The summed E-state index contributed by atoms with van der Waals surface area (Å²) in [5.74, 6) is 0.526. The van der Waals surface area contributed by atoms with Crippen LogP contribution in [0.2, 0.25) is 0 Å². The Labute approximate surface area is 183 Å². The van der Waals surface area contributed by atoms with E-state index in [1.165, 1.54) is 6.21 Å². The van der Waals surface area contributed by atoms with Crippen LogP contribution in [0.25, 0.3) is 0 Å². The summed E-state index contributed by atoms with van der Waals surface area (Å²) in [4.78, 5) is 10.3. The number of ether oxygens (including phenoxy) is 1. The molecule has 0 bridgehead atoms. The maximum atomic E-state index is 12.8. The van der Waals surface area contributed by atoms with Crippen molar-refractivity contribution in [3.05, 3.63) is 98.0 Å². The van der Waals surface area contributed by atoms with Crippen LogP contribution in [0.1, 0.15) is 16.7 Å². The number of para-hydroxylation sites is 1. The van der Waals surface area contributed by atoms with Crippen molar-refractivity contribution in [2.45, 2.75) is 12.8 Å². The molecule has 0 radical (unpaired) electrons. The quantitative estimate of drug-likeness (QED) is 0.234. The van der Waals surface area contributed by atoms with E-state index in [4.69, 9.17) is 4.74 Å². The van der Waals surface area contributed by atoms with Crippen LogP contribution in [0.3, 0.4) is 0 Å². The normalized spacial score (nSPS) is 11.5. The SMILES string of the molecule is O=[N+]([O-])c1cc(C(F)(F)F)ccc1N/N=C/c1ccccc1OCc1ccc(Br)cc1. The van der Waals surface area contributed by atoms with E-state index in [2.05, 4.69) is 26.5 Å². The first kappa shape index (κ1) is 22.3. The number of hydrazone groups is 1. The molecule has 3 rings (SSSR count). The van der Waals surface area contributed by atoms with Crippen molar-refractivity contribution >= 4 is 33.5 Å². The molecular formula is C21H15BrF3N3O3. The molecule has 0 aliphatic heterocycles. The van der Waals surface area contributed by atoms with Crippen molar-refractivity contribution < 1.29 is 22.8 Å². The molecular weight excluding hydrogens is 479 g/mol. The second-order valence-corrected chi connectivity index (χ2v) is 7.23. The molecule has 1 N–H and O–H groups in total. The Morgan fingerprint density at radius 1 is 1.10 bits per heavy atom. The van der Waals surface area contributed by atoms with E-state index in [0.29, 0.717) is 24.0 Å². The predicted octanol–water partition coefficient (Wildman–Crippen LogP) is 6.40. The highest BCUT2D eigenvalue weighted by Gasteiger charge is 2.33. The van der Waals surface area contributed by atoms with Crippen LogP contribution >= 0.6 is 15.9 Å². The van der Waals surface area contributed by atoms with Gasteiger partial charge in [0.1, 0.15) is 18.0 Å². The summed E-state index contributed by atoms with van der Waals surface area (Å²) >= 11 is 3.37. The van der Waals surface area contributed by atoms with Crippen LogP contribution in [-0.2, 0) is 12.8 Å². The van der Waals surface area contributed by atoms with Crippen molar-refractivity contribution in [3.63, 3.8) is 0 Å². The zero-order valence-corrected chi connectivity index (χ0v) is 17.4. The first-order chi connectivity index (χ1) is 14.7. The van der Waals surface area contributed by atoms with Gasteiger partial charge in [-0.2, -0.15) is 18.3 Å². The molecule has 0 spiro atoms. The minimum Gasteiger partial charge on any atom is -0.488 e. The second-order valence-electron chi connectivity index (χ2n) is 6.31. The van der Waals surface area contributed by atoms with Gasteiger partial charge < -0.3 is 4.74 Å². The molecule has 0 fully saturated rings. The number of nitrogens with zero attached hydrogens (tertiary/aromatic N) is 2. The molecule has 0 amide bonds. The topological polar surface area (TPSA) is 76.8 Å². The average Bonchev–Trinajstić information content (AvgIpc) is 2.73. The van der Waals surface area contributed by atoms with Crippen molar-refractivity contribution in [2.75, 3.05) is 5.43 Å². The molecule has 6 nitrogen and oxygen atoms in total. The molecule has 160 valence electrons. The number of hydrogen-bond donors (Lipinski definition) is 1. The van der Waals surface area contributed by atoms with Crippen LogP contribution < -0.4 is 10.2 Å². The van der Waals surface area contributed by atoms with E-state index in [1.54, 1.807) is 24.3 Å². The van der Waals surface area contributed by atoms with Gasteiger partial charge in [-0.1, -0.05) is 40.2 Å². The maximum absolute atomic E-state index is 12.8. The second kappa shape index (κ2) is 9.61. The molecule has 0 aliphatic rings. The number of nitro benzene ring substituents is 1. The van der Waals surface area contributed by atoms with E-state index < -0.39 is 22.4 Å². The lowest BCUT2D eigenvalue weighted by Crippen LogP contribution is -2.06. The Morgan fingerprint density at radius 2 is 1.81 bits per heavy atom. The van der Waals surface area contributed by atoms with E-state index in [0.717, 1.165) is 22.2 Å². The van der Waals surface area contributed by atoms with Crippen molar-refractivity contribution in [3.8, 4) is 5.75 Å². The molecule has 0 atom stereocenters. The lowest BCUT2D eigenvalue weighted by molar-refractivity contribution is -0.384. The van der Waals surface area contributed by atoms with E-state index in [9.17, 15) is 23.3 Å².